The van der Waals surface area contributed by atoms with E-state index in [4.69, 9.17) is 0 Å². The quantitative estimate of drug-likeness (QED) is 0.342. The van der Waals surface area contributed by atoms with Gasteiger partial charge in [0.15, 0.2) is 0 Å². The molecular weight excluding hydrogens is 336 g/mol. The minimum absolute atomic E-state index is 0.127. The van der Waals surface area contributed by atoms with Crippen LogP contribution in [0.1, 0.15) is 37.5 Å². The summed E-state index contributed by atoms with van der Waals surface area (Å²) >= 11 is 0. The fourth-order valence-electron chi connectivity index (χ4n) is 4.38. The van der Waals surface area contributed by atoms with Crippen LogP contribution >= 0.6 is 0 Å². The van der Waals surface area contributed by atoms with Crippen molar-refractivity contribution in [1.29, 1.82) is 0 Å². The maximum Gasteiger partial charge on any atom is 0.0435 e. The Balaban J connectivity index is 0.000000932. The lowest BCUT2D eigenvalue weighted by Gasteiger charge is -2.28. The minimum atomic E-state index is -0.127. The summed E-state index contributed by atoms with van der Waals surface area (Å²) in [5.74, 6) is 0. The van der Waals surface area contributed by atoms with Gasteiger partial charge in [-0.15, -0.1) is 0 Å². The van der Waals surface area contributed by atoms with Crippen LogP contribution in [0, 0.1) is 0 Å². The summed E-state index contributed by atoms with van der Waals surface area (Å²) < 4.78 is 0. The largest absolute Gasteiger partial charge is 0.0683 e. The lowest BCUT2D eigenvalue weighted by Crippen LogP contribution is -2.22. The molecule has 0 spiro atoms. The summed E-state index contributed by atoms with van der Waals surface area (Å²) in [5, 5.41) is 0. The van der Waals surface area contributed by atoms with E-state index in [1.165, 1.54) is 38.9 Å². The molecule has 0 radical (unpaired) electrons. The van der Waals surface area contributed by atoms with Crippen molar-refractivity contribution in [2.45, 2.75) is 26.2 Å². The Labute approximate surface area is 168 Å². The van der Waals surface area contributed by atoms with Gasteiger partial charge in [0.2, 0.25) is 0 Å². The van der Waals surface area contributed by atoms with Crippen molar-refractivity contribution in [1.82, 2.24) is 0 Å². The van der Waals surface area contributed by atoms with E-state index in [1.54, 1.807) is 0 Å². The predicted molar refractivity (Wildman–Crippen MR) is 121 cm³/mol. The molecule has 4 aromatic carbocycles. The smallest absolute Gasteiger partial charge is 0.0435 e. The van der Waals surface area contributed by atoms with Gasteiger partial charge >= 0.3 is 0 Å². The summed E-state index contributed by atoms with van der Waals surface area (Å²) in [5.41, 5.74) is 9.26. The SMILES string of the molecule is CC.CC1(c2ccccc2)c2ccccc2-c2ccc(-c3ccccc3)cc21. The third-order valence-electron chi connectivity index (χ3n) is 5.77. The Kier molecular flexibility index (Phi) is 4.88. The molecule has 0 nitrogen and oxygen atoms in total. The van der Waals surface area contributed by atoms with Crippen LogP contribution in [0.5, 0.6) is 0 Å². The second kappa shape index (κ2) is 7.48. The van der Waals surface area contributed by atoms with E-state index in [0.717, 1.165) is 0 Å². The fourth-order valence-corrected chi connectivity index (χ4v) is 4.38. The summed E-state index contributed by atoms with van der Waals surface area (Å²) in [6, 6.07) is 37.3. The minimum Gasteiger partial charge on any atom is -0.0683 e. The van der Waals surface area contributed by atoms with Gasteiger partial charge in [-0.25, -0.2) is 0 Å². The Hall–Kier alpha value is -3.12. The third-order valence-corrected chi connectivity index (χ3v) is 5.77. The maximum atomic E-state index is 2.39. The number of benzene rings is 4. The number of fused-ring (bicyclic) bond motifs is 3. The molecule has 4 aromatic rings. The Bertz CT molecular complexity index is 1080. The average molecular weight is 363 g/mol. The van der Waals surface area contributed by atoms with Gasteiger partial charge in [-0.1, -0.05) is 111 Å². The first-order valence-corrected chi connectivity index (χ1v) is 10.1. The molecule has 138 valence electrons. The molecule has 1 aliphatic carbocycles. The van der Waals surface area contributed by atoms with Crippen LogP contribution in [0.4, 0.5) is 0 Å². The van der Waals surface area contributed by atoms with Crippen LogP contribution in [0.15, 0.2) is 103 Å². The van der Waals surface area contributed by atoms with E-state index in [0.29, 0.717) is 0 Å². The van der Waals surface area contributed by atoms with Gasteiger partial charge in [0.05, 0.1) is 0 Å². The molecule has 0 saturated carbocycles. The monoisotopic (exact) mass is 362 g/mol. The van der Waals surface area contributed by atoms with E-state index in [2.05, 4.69) is 110 Å². The van der Waals surface area contributed by atoms with Crippen molar-refractivity contribution in [3.05, 3.63) is 120 Å². The van der Waals surface area contributed by atoms with E-state index < -0.39 is 0 Å². The first-order chi connectivity index (χ1) is 13.8. The molecule has 0 fully saturated rings. The Morgan fingerprint density at radius 3 is 1.79 bits per heavy atom. The molecule has 0 heteroatoms. The average Bonchev–Trinajstić information content (AvgIpc) is 3.06. The molecule has 0 saturated heterocycles. The molecule has 0 aromatic heterocycles. The van der Waals surface area contributed by atoms with Gasteiger partial charge in [0.1, 0.15) is 0 Å². The first kappa shape index (κ1) is 18.3. The molecule has 1 aliphatic rings. The van der Waals surface area contributed by atoms with E-state index >= 15 is 0 Å². The van der Waals surface area contributed by atoms with Crippen molar-refractivity contribution in [2.24, 2.45) is 0 Å². The highest BCUT2D eigenvalue weighted by Gasteiger charge is 2.40. The summed E-state index contributed by atoms with van der Waals surface area (Å²) in [6.45, 7) is 6.36. The molecule has 5 rings (SSSR count). The van der Waals surface area contributed by atoms with E-state index in [1.807, 2.05) is 13.8 Å². The second-order valence-corrected chi connectivity index (χ2v) is 7.16. The van der Waals surface area contributed by atoms with Gasteiger partial charge in [0, 0.05) is 5.41 Å². The van der Waals surface area contributed by atoms with Crippen LogP contribution in [-0.4, -0.2) is 0 Å². The van der Waals surface area contributed by atoms with Crippen LogP contribution in [0.2, 0.25) is 0 Å². The molecule has 0 amide bonds. The normalized spacial score (nSPS) is 16.5. The van der Waals surface area contributed by atoms with Crippen LogP contribution in [-0.2, 0) is 5.41 Å². The maximum absolute atomic E-state index is 2.39. The van der Waals surface area contributed by atoms with E-state index in [-0.39, 0.29) is 5.41 Å². The fraction of sp³-hybridized carbons (Fsp3) is 0.143. The van der Waals surface area contributed by atoms with Crippen molar-refractivity contribution in [2.75, 3.05) is 0 Å². The zero-order valence-electron chi connectivity index (χ0n) is 16.8. The first-order valence-electron chi connectivity index (χ1n) is 10.1. The van der Waals surface area contributed by atoms with Gasteiger partial charge in [-0.05, 0) is 51.9 Å². The second-order valence-electron chi connectivity index (χ2n) is 7.16. The van der Waals surface area contributed by atoms with Crippen molar-refractivity contribution >= 4 is 0 Å². The molecule has 28 heavy (non-hydrogen) atoms. The summed E-state index contributed by atoms with van der Waals surface area (Å²) in [7, 11) is 0. The lowest BCUT2D eigenvalue weighted by molar-refractivity contribution is 0.714. The Morgan fingerprint density at radius 2 is 1.07 bits per heavy atom. The summed E-state index contributed by atoms with van der Waals surface area (Å²) in [6.07, 6.45) is 0. The molecule has 0 aliphatic heterocycles. The zero-order valence-corrected chi connectivity index (χ0v) is 16.8. The molecule has 1 atom stereocenters. The molecule has 0 heterocycles. The number of hydrogen-bond donors (Lipinski definition) is 0. The molecule has 1 unspecified atom stereocenters. The number of hydrogen-bond acceptors (Lipinski definition) is 0. The standard InChI is InChI=1S/C26H20.C2H6/c1-26(21-12-6-3-7-13-21)24-15-9-8-14-22(24)23-17-16-20(18-25(23)26)19-10-4-2-5-11-19;1-2/h2-18H,1H3;1-2H3. The van der Waals surface area contributed by atoms with Gasteiger partial charge in [-0.3, -0.25) is 0 Å². The zero-order chi connectivity index (χ0) is 19.6. The molecule has 0 N–H and O–H groups in total. The highest BCUT2D eigenvalue weighted by Crippen LogP contribution is 2.52. The lowest BCUT2D eigenvalue weighted by atomic mass is 9.74. The topological polar surface area (TPSA) is 0 Å². The van der Waals surface area contributed by atoms with Crippen LogP contribution < -0.4 is 0 Å². The van der Waals surface area contributed by atoms with Gasteiger partial charge in [-0.2, -0.15) is 0 Å². The van der Waals surface area contributed by atoms with E-state index in [9.17, 15) is 0 Å². The van der Waals surface area contributed by atoms with Crippen LogP contribution in [0.3, 0.4) is 0 Å². The van der Waals surface area contributed by atoms with Crippen LogP contribution in [0.25, 0.3) is 22.3 Å². The third kappa shape index (κ3) is 2.77. The molecule has 0 bridgehead atoms. The Morgan fingerprint density at radius 1 is 0.500 bits per heavy atom. The van der Waals surface area contributed by atoms with Gasteiger partial charge < -0.3 is 0 Å². The van der Waals surface area contributed by atoms with Gasteiger partial charge in [0.25, 0.3) is 0 Å². The number of rotatable bonds is 2. The summed E-state index contributed by atoms with van der Waals surface area (Å²) in [4.78, 5) is 0. The van der Waals surface area contributed by atoms with Crippen molar-refractivity contribution in [3.8, 4) is 22.3 Å². The van der Waals surface area contributed by atoms with Crippen molar-refractivity contribution in [3.63, 3.8) is 0 Å². The predicted octanol–water partition coefficient (Wildman–Crippen LogP) is 7.71. The van der Waals surface area contributed by atoms with Crippen molar-refractivity contribution < 1.29 is 0 Å². The highest BCUT2D eigenvalue weighted by atomic mass is 14.4. The highest BCUT2D eigenvalue weighted by molar-refractivity contribution is 5.85. The molecular formula is C28H26.